The van der Waals surface area contributed by atoms with Crippen LogP contribution >= 0.6 is 0 Å². The molecule has 0 spiro atoms. The van der Waals surface area contributed by atoms with Gasteiger partial charge in [-0.1, -0.05) is 42.7 Å². The number of amides is 4. The quantitative estimate of drug-likeness (QED) is 0.389. The molecule has 0 saturated heterocycles. The first-order chi connectivity index (χ1) is 17.2. The Balaban J connectivity index is 2.49. The molecule has 4 N–H and O–H groups in total. The van der Waals surface area contributed by atoms with Gasteiger partial charge in [0, 0.05) is 18.5 Å². The van der Waals surface area contributed by atoms with E-state index in [1.54, 1.807) is 25.7 Å². The van der Waals surface area contributed by atoms with Crippen LogP contribution in [0.4, 0.5) is 4.79 Å². The van der Waals surface area contributed by atoms with E-state index in [9.17, 15) is 19.2 Å². The van der Waals surface area contributed by atoms with Gasteiger partial charge in [0.15, 0.2) is 0 Å². The molecule has 0 aliphatic heterocycles. The van der Waals surface area contributed by atoms with E-state index >= 15 is 0 Å². The predicted octanol–water partition coefficient (Wildman–Crippen LogP) is 3.80. The van der Waals surface area contributed by atoms with E-state index in [2.05, 4.69) is 17.6 Å². The van der Waals surface area contributed by atoms with Crippen molar-refractivity contribution in [1.29, 1.82) is 0 Å². The van der Waals surface area contributed by atoms with Crippen LogP contribution in [0.1, 0.15) is 95.9 Å². The lowest BCUT2D eigenvalue weighted by atomic mass is 9.97. The third kappa shape index (κ3) is 9.70. The van der Waals surface area contributed by atoms with Crippen LogP contribution in [0.15, 0.2) is 18.2 Å². The summed E-state index contributed by atoms with van der Waals surface area (Å²) in [7, 11) is 0. The molecule has 37 heavy (non-hydrogen) atoms. The Morgan fingerprint density at radius 1 is 1.05 bits per heavy atom. The number of benzene rings is 1. The highest BCUT2D eigenvalue weighted by Crippen LogP contribution is 2.36. The van der Waals surface area contributed by atoms with Gasteiger partial charge in [-0.15, -0.1) is 0 Å². The van der Waals surface area contributed by atoms with Crippen LogP contribution < -0.4 is 16.4 Å². The Bertz CT molecular complexity index is 963. The van der Waals surface area contributed by atoms with Crippen LogP contribution in [0, 0.1) is 13.8 Å². The number of primary amides is 1. The van der Waals surface area contributed by atoms with Gasteiger partial charge in [0.05, 0.1) is 0 Å². The van der Waals surface area contributed by atoms with E-state index in [0.717, 1.165) is 36.8 Å². The lowest BCUT2D eigenvalue weighted by Gasteiger charge is -2.35. The maximum Gasteiger partial charge on any atom is 0.408 e. The van der Waals surface area contributed by atoms with Crippen LogP contribution in [-0.2, 0) is 19.1 Å². The summed E-state index contributed by atoms with van der Waals surface area (Å²) in [4.78, 5) is 53.6. The Morgan fingerprint density at radius 3 is 2.14 bits per heavy atom. The zero-order chi connectivity index (χ0) is 27.9. The number of hydrogen-bond donors (Lipinski definition) is 3. The van der Waals surface area contributed by atoms with Crippen LogP contribution in [0.25, 0.3) is 0 Å². The summed E-state index contributed by atoms with van der Waals surface area (Å²) in [5.74, 6) is -1.28. The fourth-order valence-corrected chi connectivity index (χ4v) is 4.48. The number of alkyl carbamates (subject to hydrolysis) is 1. The van der Waals surface area contributed by atoms with Gasteiger partial charge in [-0.25, -0.2) is 4.79 Å². The number of carbonyl (C=O) groups is 4. The Kier molecular flexibility index (Phi) is 10.5. The first-order valence-electron chi connectivity index (χ1n) is 13.2. The van der Waals surface area contributed by atoms with Crippen LogP contribution in [0.3, 0.4) is 0 Å². The summed E-state index contributed by atoms with van der Waals surface area (Å²) >= 11 is 0. The fourth-order valence-electron chi connectivity index (χ4n) is 4.48. The highest BCUT2D eigenvalue weighted by Gasteiger charge is 2.44. The summed E-state index contributed by atoms with van der Waals surface area (Å²) in [6.45, 7) is 13.1. The molecular formula is C28H44N4O5. The molecule has 206 valence electrons. The van der Waals surface area contributed by atoms with Crippen molar-refractivity contribution in [2.45, 2.75) is 117 Å². The highest BCUT2D eigenvalue weighted by molar-refractivity contribution is 5.93. The molecular weight excluding hydrogens is 472 g/mol. The van der Waals surface area contributed by atoms with Crippen molar-refractivity contribution >= 4 is 23.8 Å². The van der Waals surface area contributed by atoms with E-state index in [4.69, 9.17) is 10.5 Å². The number of nitrogens with zero attached hydrogens (tertiary/aromatic N) is 1. The number of carbonyl (C=O) groups excluding carboxylic acids is 4. The zero-order valence-electron chi connectivity index (χ0n) is 23.3. The Morgan fingerprint density at radius 2 is 1.65 bits per heavy atom. The summed E-state index contributed by atoms with van der Waals surface area (Å²) in [5, 5.41) is 5.71. The molecule has 0 bridgehead atoms. The first kappa shape index (κ1) is 30.1. The van der Waals surface area contributed by atoms with Crippen molar-refractivity contribution in [3.8, 4) is 0 Å². The molecule has 1 aromatic carbocycles. The molecule has 9 heteroatoms. The summed E-state index contributed by atoms with van der Waals surface area (Å²) in [6, 6.07) is 3.69. The molecule has 0 radical (unpaired) electrons. The monoisotopic (exact) mass is 516 g/mol. The van der Waals surface area contributed by atoms with E-state index < -0.39 is 35.6 Å². The smallest absolute Gasteiger partial charge is 0.408 e. The van der Waals surface area contributed by atoms with Crippen LogP contribution in [-0.4, -0.2) is 52.4 Å². The van der Waals surface area contributed by atoms with Crippen molar-refractivity contribution in [3.63, 3.8) is 0 Å². The number of rotatable bonds is 12. The van der Waals surface area contributed by atoms with Gasteiger partial charge in [0.25, 0.3) is 0 Å². The molecule has 3 unspecified atom stereocenters. The summed E-state index contributed by atoms with van der Waals surface area (Å²) in [5.41, 5.74) is 7.27. The molecule has 0 heterocycles. The maximum absolute atomic E-state index is 14.1. The predicted molar refractivity (Wildman–Crippen MR) is 143 cm³/mol. The van der Waals surface area contributed by atoms with Crippen molar-refractivity contribution in [3.05, 3.63) is 34.9 Å². The third-order valence-electron chi connectivity index (χ3n) is 6.06. The third-order valence-corrected chi connectivity index (χ3v) is 6.06. The second-order valence-electron chi connectivity index (χ2n) is 11.2. The number of nitrogens with two attached hydrogens (primary N) is 1. The van der Waals surface area contributed by atoms with E-state index in [1.807, 2.05) is 39.0 Å². The SMILES string of the molecule is CCCC(C)NC(=O)C(c1cc(C)cc(C)c1)N(C(=O)C(CCC(N)=O)NC(=O)OC(C)(C)C)C1CC1. The van der Waals surface area contributed by atoms with E-state index in [1.165, 1.54) is 0 Å². The molecule has 0 aromatic heterocycles. The van der Waals surface area contributed by atoms with Crippen molar-refractivity contribution in [1.82, 2.24) is 15.5 Å². The largest absolute Gasteiger partial charge is 0.444 e. The lowest BCUT2D eigenvalue weighted by molar-refractivity contribution is -0.143. The molecule has 1 aromatic rings. The number of hydrogen-bond acceptors (Lipinski definition) is 5. The average molecular weight is 517 g/mol. The second kappa shape index (κ2) is 12.9. The average Bonchev–Trinajstić information content (AvgIpc) is 3.57. The molecule has 2 rings (SSSR count). The molecule has 4 amide bonds. The van der Waals surface area contributed by atoms with Crippen molar-refractivity contribution < 1.29 is 23.9 Å². The van der Waals surface area contributed by atoms with Gasteiger partial charge in [-0.2, -0.15) is 0 Å². The molecule has 1 fully saturated rings. The van der Waals surface area contributed by atoms with Gasteiger partial charge in [-0.3, -0.25) is 14.4 Å². The number of aryl methyl sites for hydroxylation is 2. The molecule has 3 atom stereocenters. The maximum atomic E-state index is 14.1. The second-order valence-corrected chi connectivity index (χ2v) is 11.2. The minimum absolute atomic E-state index is 0.00402. The van der Waals surface area contributed by atoms with Crippen molar-refractivity contribution in [2.75, 3.05) is 0 Å². The lowest BCUT2D eigenvalue weighted by Crippen LogP contribution is -2.54. The normalized spacial score (nSPS) is 15.8. The van der Waals surface area contributed by atoms with Crippen LogP contribution in [0.5, 0.6) is 0 Å². The highest BCUT2D eigenvalue weighted by atomic mass is 16.6. The summed E-state index contributed by atoms with van der Waals surface area (Å²) < 4.78 is 5.37. The molecule has 9 nitrogen and oxygen atoms in total. The Hall–Kier alpha value is -3.10. The van der Waals surface area contributed by atoms with Gasteiger partial charge in [0.2, 0.25) is 17.7 Å². The summed E-state index contributed by atoms with van der Waals surface area (Å²) in [6.07, 6.45) is 2.36. The zero-order valence-corrected chi connectivity index (χ0v) is 23.3. The minimum Gasteiger partial charge on any atom is -0.444 e. The molecule has 1 aliphatic carbocycles. The molecule has 1 saturated carbocycles. The van der Waals surface area contributed by atoms with E-state index in [-0.39, 0.29) is 30.8 Å². The van der Waals surface area contributed by atoms with Crippen molar-refractivity contribution in [2.24, 2.45) is 5.73 Å². The number of nitrogens with one attached hydrogen (secondary N) is 2. The van der Waals surface area contributed by atoms with Gasteiger partial charge < -0.3 is 26.0 Å². The number of ether oxygens (including phenoxy) is 1. The van der Waals surface area contributed by atoms with E-state index in [0.29, 0.717) is 5.56 Å². The van der Waals surface area contributed by atoms with Gasteiger partial charge >= 0.3 is 6.09 Å². The molecule has 1 aliphatic rings. The minimum atomic E-state index is -1.07. The first-order valence-corrected chi connectivity index (χ1v) is 13.2. The Labute approximate surface area is 220 Å². The fraction of sp³-hybridized carbons (Fsp3) is 0.643. The van der Waals surface area contributed by atoms with Gasteiger partial charge in [-0.05, 0) is 72.8 Å². The van der Waals surface area contributed by atoms with Crippen LogP contribution in [0.2, 0.25) is 0 Å². The standard InChI is InChI=1S/C28H44N4O5/c1-8-9-19(4)30-25(34)24(20-15-17(2)14-18(3)16-20)32(21-10-11-21)26(35)22(12-13-23(29)33)31-27(36)37-28(5,6)7/h14-16,19,21-22,24H,8-13H2,1-7H3,(H2,29,33)(H,30,34)(H,31,36). The topological polar surface area (TPSA) is 131 Å². The van der Waals surface area contributed by atoms with Gasteiger partial charge in [0.1, 0.15) is 17.7 Å².